The van der Waals surface area contributed by atoms with E-state index >= 15 is 0 Å². The summed E-state index contributed by atoms with van der Waals surface area (Å²) in [4.78, 5) is 14.2. The zero-order chi connectivity index (χ0) is 17.2. The second-order valence-electron chi connectivity index (χ2n) is 5.92. The molecule has 1 amide bonds. The Balaban J connectivity index is 1.48. The molecule has 0 bridgehead atoms. The number of carbonyl (C=O) groups is 1. The van der Waals surface area contributed by atoms with E-state index in [1.54, 1.807) is 4.90 Å². The van der Waals surface area contributed by atoms with Gasteiger partial charge in [0.25, 0.3) is 5.91 Å². The number of ether oxygens (including phenoxy) is 1. The van der Waals surface area contributed by atoms with Crippen LogP contribution in [0.4, 0.5) is 0 Å². The highest BCUT2D eigenvalue weighted by atomic mass is 35.5. The zero-order valence-corrected chi connectivity index (χ0v) is 14.2. The lowest BCUT2D eigenvalue weighted by Gasteiger charge is -2.20. The average molecular weight is 350 g/mol. The van der Waals surface area contributed by atoms with Crippen molar-refractivity contribution < 1.29 is 9.53 Å². The molecule has 1 aliphatic rings. The minimum Gasteiger partial charge on any atom is -0.457 e. The average Bonchev–Trinajstić information content (AvgIpc) is 2.89. The van der Waals surface area contributed by atoms with E-state index < -0.39 is 5.50 Å². The van der Waals surface area contributed by atoms with Gasteiger partial charge in [0, 0.05) is 17.7 Å². The van der Waals surface area contributed by atoms with Crippen molar-refractivity contribution in [2.75, 3.05) is 0 Å². The number of hydrogen-bond acceptors (Lipinski definition) is 2. The first kappa shape index (κ1) is 15.7. The molecule has 0 N–H and O–H groups in total. The third-order valence-electron chi connectivity index (χ3n) is 4.24. The number of rotatable bonds is 4. The van der Waals surface area contributed by atoms with Crippen LogP contribution >= 0.6 is 11.6 Å². The largest absolute Gasteiger partial charge is 0.457 e. The van der Waals surface area contributed by atoms with Crippen LogP contribution in [0, 0.1) is 0 Å². The summed E-state index contributed by atoms with van der Waals surface area (Å²) in [5.41, 5.74) is 2.14. The third-order valence-corrected chi connectivity index (χ3v) is 4.71. The Labute approximate surface area is 151 Å². The number of hydrogen-bond donors (Lipinski definition) is 0. The molecule has 0 fully saturated rings. The van der Waals surface area contributed by atoms with E-state index in [0.29, 0.717) is 12.1 Å². The van der Waals surface area contributed by atoms with E-state index in [-0.39, 0.29) is 5.91 Å². The topological polar surface area (TPSA) is 29.5 Å². The molecule has 0 aliphatic carbocycles. The van der Waals surface area contributed by atoms with E-state index in [1.807, 2.05) is 78.9 Å². The van der Waals surface area contributed by atoms with E-state index in [9.17, 15) is 4.79 Å². The minimum atomic E-state index is -0.427. The summed E-state index contributed by atoms with van der Waals surface area (Å²) in [6, 6.07) is 24.8. The van der Waals surface area contributed by atoms with Crippen LogP contribution in [-0.4, -0.2) is 10.8 Å². The summed E-state index contributed by atoms with van der Waals surface area (Å²) in [7, 11) is 0. The lowest BCUT2D eigenvalue weighted by atomic mass is 10.1. The smallest absolute Gasteiger partial charge is 0.256 e. The van der Waals surface area contributed by atoms with Crippen LogP contribution in [0.15, 0.2) is 78.9 Å². The maximum atomic E-state index is 12.5. The molecule has 4 heteroatoms. The van der Waals surface area contributed by atoms with Crippen LogP contribution in [0.25, 0.3) is 0 Å². The van der Waals surface area contributed by atoms with Gasteiger partial charge in [-0.2, -0.15) is 0 Å². The van der Waals surface area contributed by atoms with Gasteiger partial charge in [0.1, 0.15) is 17.0 Å². The molecular formula is C21H16ClNO2. The fourth-order valence-corrected chi connectivity index (χ4v) is 3.31. The number of amides is 1. The van der Waals surface area contributed by atoms with Crippen molar-refractivity contribution in [2.24, 2.45) is 0 Å². The fraction of sp³-hybridized carbons (Fsp3) is 0.0952. The highest BCUT2D eigenvalue weighted by Crippen LogP contribution is 2.37. The number of halogens is 1. The second-order valence-corrected chi connectivity index (χ2v) is 6.33. The summed E-state index contributed by atoms with van der Waals surface area (Å²) in [6.07, 6.45) is 0. The van der Waals surface area contributed by atoms with E-state index in [0.717, 1.165) is 22.6 Å². The van der Waals surface area contributed by atoms with Gasteiger partial charge in [-0.05, 0) is 35.9 Å². The van der Waals surface area contributed by atoms with Crippen LogP contribution in [-0.2, 0) is 6.54 Å². The molecule has 1 aliphatic heterocycles. The van der Waals surface area contributed by atoms with Gasteiger partial charge in [-0.1, -0.05) is 60.1 Å². The van der Waals surface area contributed by atoms with Gasteiger partial charge in [-0.3, -0.25) is 4.79 Å². The van der Waals surface area contributed by atoms with Crippen molar-refractivity contribution in [3.63, 3.8) is 0 Å². The predicted octanol–water partition coefficient (Wildman–Crippen LogP) is 5.37. The molecule has 0 saturated heterocycles. The van der Waals surface area contributed by atoms with Gasteiger partial charge in [0.15, 0.2) is 0 Å². The SMILES string of the molecule is O=C1c2ccccc2C(Cl)N1Cc1ccc(Oc2ccccc2)cc1. The molecule has 25 heavy (non-hydrogen) atoms. The van der Waals surface area contributed by atoms with Crippen molar-refractivity contribution in [3.05, 3.63) is 95.6 Å². The molecule has 3 aromatic rings. The van der Waals surface area contributed by atoms with Gasteiger partial charge in [0.05, 0.1) is 0 Å². The zero-order valence-electron chi connectivity index (χ0n) is 13.4. The summed E-state index contributed by atoms with van der Waals surface area (Å²) >= 11 is 6.47. The van der Waals surface area contributed by atoms with Gasteiger partial charge < -0.3 is 9.64 Å². The van der Waals surface area contributed by atoms with Crippen molar-refractivity contribution in [1.29, 1.82) is 0 Å². The van der Waals surface area contributed by atoms with Crippen molar-refractivity contribution in [3.8, 4) is 11.5 Å². The Morgan fingerprint density at radius 3 is 2.20 bits per heavy atom. The molecule has 1 heterocycles. The number of carbonyl (C=O) groups excluding carboxylic acids is 1. The number of fused-ring (bicyclic) bond motifs is 1. The van der Waals surface area contributed by atoms with Crippen LogP contribution in [0.2, 0.25) is 0 Å². The molecule has 3 aromatic carbocycles. The third kappa shape index (κ3) is 3.11. The number of alkyl halides is 1. The Bertz CT molecular complexity index is 893. The highest BCUT2D eigenvalue weighted by Gasteiger charge is 2.34. The summed E-state index contributed by atoms with van der Waals surface area (Å²) in [5.74, 6) is 1.52. The molecular weight excluding hydrogens is 334 g/mol. The van der Waals surface area contributed by atoms with Crippen LogP contribution in [0.3, 0.4) is 0 Å². The monoisotopic (exact) mass is 349 g/mol. The minimum absolute atomic E-state index is 0.0276. The lowest BCUT2D eigenvalue weighted by Crippen LogP contribution is -2.25. The Morgan fingerprint density at radius 2 is 1.48 bits per heavy atom. The van der Waals surface area contributed by atoms with Crippen molar-refractivity contribution in [1.82, 2.24) is 4.90 Å². The standard InChI is InChI=1S/C21H16ClNO2/c22-20-18-8-4-5-9-19(18)21(24)23(20)14-15-10-12-17(13-11-15)25-16-6-2-1-3-7-16/h1-13,20H,14H2. The molecule has 0 saturated carbocycles. The molecule has 4 rings (SSSR count). The molecule has 0 spiro atoms. The van der Waals surface area contributed by atoms with E-state index in [4.69, 9.17) is 16.3 Å². The van der Waals surface area contributed by atoms with Gasteiger partial charge in [0.2, 0.25) is 0 Å². The van der Waals surface area contributed by atoms with Crippen LogP contribution in [0.5, 0.6) is 11.5 Å². The Kier molecular flexibility index (Phi) is 4.16. The number of nitrogens with zero attached hydrogens (tertiary/aromatic N) is 1. The number of benzene rings is 3. The molecule has 1 atom stereocenters. The lowest BCUT2D eigenvalue weighted by molar-refractivity contribution is 0.0758. The predicted molar refractivity (Wildman–Crippen MR) is 97.9 cm³/mol. The van der Waals surface area contributed by atoms with Gasteiger partial charge in [-0.15, -0.1) is 0 Å². The Morgan fingerprint density at radius 1 is 0.840 bits per heavy atom. The summed E-state index contributed by atoms with van der Waals surface area (Å²) < 4.78 is 5.79. The van der Waals surface area contributed by atoms with E-state index in [2.05, 4.69) is 0 Å². The quantitative estimate of drug-likeness (QED) is 0.468. The second kappa shape index (κ2) is 6.61. The molecule has 0 radical (unpaired) electrons. The van der Waals surface area contributed by atoms with Crippen LogP contribution < -0.4 is 4.74 Å². The molecule has 3 nitrogen and oxygen atoms in total. The maximum Gasteiger partial charge on any atom is 0.256 e. The first-order chi connectivity index (χ1) is 12.2. The molecule has 0 aromatic heterocycles. The Hall–Kier alpha value is -2.78. The normalized spacial score (nSPS) is 16.0. The maximum absolute atomic E-state index is 12.5. The van der Waals surface area contributed by atoms with Gasteiger partial charge in [-0.25, -0.2) is 0 Å². The molecule has 124 valence electrons. The molecule has 1 unspecified atom stereocenters. The van der Waals surface area contributed by atoms with Crippen molar-refractivity contribution >= 4 is 17.5 Å². The summed E-state index contributed by atoms with van der Waals surface area (Å²) in [5, 5.41) is 0. The van der Waals surface area contributed by atoms with Crippen molar-refractivity contribution in [2.45, 2.75) is 12.0 Å². The van der Waals surface area contributed by atoms with E-state index in [1.165, 1.54) is 0 Å². The van der Waals surface area contributed by atoms with Gasteiger partial charge >= 0.3 is 0 Å². The first-order valence-corrected chi connectivity index (χ1v) is 8.52. The number of para-hydroxylation sites is 1. The first-order valence-electron chi connectivity index (χ1n) is 8.08. The highest BCUT2D eigenvalue weighted by molar-refractivity contribution is 6.24. The van der Waals surface area contributed by atoms with Crippen LogP contribution in [0.1, 0.15) is 27.0 Å². The summed E-state index contributed by atoms with van der Waals surface area (Å²) in [6.45, 7) is 0.466. The fourth-order valence-electron chi connectivity index (χ4n) is 2.96.